The molecule has 0 aliphatic carbocycles. The second kappa shape index (κ2) is 5.45. The zero-order chi connectivity index (χ0) is 13.1. The molecule has 1 aliphatic heterocycles. The first-order valence-electron chi connectivity index (χ1n) is 6.05. The molecule has 0 spiro atoms. The van der Waals surface area contributed by atoms with E-state index < -0.39 is 0 Å². The van der Waals surface area contributed by atoms with Crippen LogP contribution in [0.4, 0.5) is 0 Å². The molecule has 0 aromatic carbocycles. The van der Waals surface area contributed by atoms with Gasteiger partial charge in [0.2, 0.25) is 0 Å². The fourth-order valence-electron chi connectivity index (χ4n) is 2.16. The van der Waals surface area contributed by atoms with Crippen LogP contribution in [-0.2, 0) is 4.74 Å². The van der Waals surface area contributed by atoms with Gasteiger partial charge in [-0.05, 0) is 13.8 Å². The number of nitrogens with one attached hydrogen (secondary N) is 2. The van der Waals surface area contributed by atoms with E-state index in [1.54, 1.807) is 7.11 Å². The summed E-state index contributed by atoms with van der Waals surface area (Å²) in [5, 5.41) is 12.7. The van der Waals surface area contributed by atoms with E-state index in [2.05, 4.69) is 39.5 Å². The lowest BCUT2D eigenvalue weighted by atomic mass is 10.2. The van der Waals surface area contributed by atoms with Crippen molar-refractivity contribution < 1.29 is 9.53 Å². The lowest BCUT2D eigenvalue weighted by molar-refractivity contribution is 0.0750. The van der Waals surface area contributed by atoms with Crippen molar-refractivity contribution in [1.82, 2.24) is 25.6 Å². The second-order valence-electron chi connectivity index (χ2n) is 4.76. The number of aromatic nitrogens is 3. The van der Waals surface area contributed by atoms with E-state index >= 15 is 0 Å². The molecule has 0 bridgehead atoms. The monoisotopic (exact) mass is 253 g/mol. The van der Waals surface area contributed by atoms with Gasteiger partial charge in [0.15, 0.2) is 5.69 Å². The van der Waals surface area contributed by atoms with Crippen molar-refractivity contribution in [2.75, 3.05) is 20.2 Å². The molecule has 0 radical (unpaired) electrons. The highest BCUT2D eigenvalue weighted by Gasteiger charge is 2.35. The van der Waals surface area contributed by atoms with Gasteiger partial charge in [-0.25, -0.2) is 0 Å². The van der Waals surface area contributed by atoms with Crippen LogP contribution in [0.15, 0.2) is 6.20 Å². The summed E-state index contributed by atoms with van der Waals surface area (Å²) in [6, 6.07) is 0.429. The van der Waals surface area contributed by atoms with Crippen LogP contribution in [-0.4, -0.2) is 64.6 Å². The molecule has 1 fully saturated rings. The largest absolute Gasteiger partial charge is 0.378 e. The molecule has 100 valence electrons. The fraction of sp³-hybridized carbons (Fsp3) is 0.727. The van der Waals surface area contributed by atoms with Crippen molar-refractivity contribution in [3.05, 3.63) is 11.9 Å². The Morgan fingerprint density at radius 1 is 1.61 bits per heavy atom. The third kappa shape index (κ3) is 2.68. The van der Waals surface area contributed by atoms with Gasteiger partial charge in [0, 0.05) is 26.2 Å². The Labute approximate surface area is 106 Å². The summed E-state index contributed by atoms with van der Waals surface area (Å²) in [6.45, 7) is 5.89. The highest BCUT2D eigenvalue weighted by atomic mass is 16.5. The Bertz CT molecular complexity index is 392. The van der Waals surface area contributed by atoms with Gasteiger partial charge in [0.05, 0.1) is 18.3 Å². The van der Waals surface area contributed by atoms with Gasteiger partial charge in [-0.2, -0.15) is 15.4 Å². The van der Waals surface area contributed by atoms with Crippen LogP contribution < -0.4 is 5.32 Å². The SMILES string of the molecule is CO[C@H]1CN(C(C)C)C[C@@H]1NC(=O)c1cn[nH]n1. The summed E-state index contributed by atoms with van der Waals surface area (Å²) >= 11 is 0. The van der Waals surface area contributed by atoms with Gasteiger partial charge in [-0.3, -0.25) is 9.69 Å². The summed E-state index contributed by atoms with van der Waals surface area (Å²) < 4.78 is 5.42. The van der Waals surface area contributed by atoms with Gasteiger partial charge in [0.25, 0.3) is 5.91 Å². The van der Waals surface area contributed by atoms with Crippen molar-refractivity contribution in [3.63, 3.8) is 0 Å². The number of hydrogen-bond donors (Lipinski definition) is 2. The van der Waals surface area contributed by atoms with Crippen LogP contribution >= 0.6 is 0 Å². The summed E-state index contributed by atoms with van der Waals surface area (Å²) in [4.78, 5) is 14.2. The number of amides is 1. The molecule has 0 saturated carbocycles. The first kappa shape index (κ1) is 13.0. The minimum absolute atomic E-state index is 0.0124. The minimum atomic E-state index is -0.221. The number of H-pyrrole nitrogens is 1. The van der Waals surface area contributed by atoms with Crippen LogP contribution in [0.3, 0.4) is 0 Å². The van der Waals surface area contributed by atoms with Gasteiger partial charge < -0.3 is 10.1 Å². The maximum atomic E-state index is 11.9. The Morgan fingerprint density at radius 2 is 2.39 bits per heavy atom. The number of carbonyl (C=O) groups excluding carboxylic acids is 1. The Morgan fingerprint density at radius 3 is 2.94 bits per heavy atom. The van der Waals surface area contributed by atoms with Crippen LogP contribution in [0.5, 0.6) is 0 Å². The molecule has 1 saturated heterocycles. The van der Waals surface area contributed by atoms with Gasteiger partial charge in [-0.15, -0.1) is 0 Å². The molecule has 1 amide bonds. The maximum absolute atomic E-state index is 11.9. The number of rotatable bonds is 4. The van der Waals surface area contributed by atoms with Crippen molar-refractivity contribution in [2.24, 2.45) is 0 Å². The Balaban J connectivity index is 1.98. The third-order valence-electron chi connectivity index (χ3n) is 3.29. The first-order valence-corrected chi connectivity index (χ1v) is 6.05. The summed E-state index contributed by atoms with van der Waals surface area (Å²) in [5.74, 6) is -0.221. The molecular weight excluding hydrogens is 234 g/mol. The number of methoxy groups -OCH3 is 1. The predicted octanol–water partition coefficient (Wildman–Crippen LogP) is -0.358. The first-order chi connectivity index (χ1) is 8.61. The highest BCUT2D eigenvalue weighted by Crippen LogP contribution is 2.16. The summed E-state index contributed by atoms with van der Waals surface area (Å²) in [6.07, 6.45) is 1.43. The predicted molar refractivity (Wildman–Crippen MR) is 65.1 cm³/mol. The van der Waals surface area contributed by atoms with Crippen molar-refractivity contribution in [2.45, 2.75) is 32.0 Å². The number of ether oxygens (including phenoxy) is 1. The zero-order valence-corrected chi connectivity index (χ0v) is 10.9. The normalized spacial score (nSPS) is 24.7. The van der Waals surface area contributed by atoms with E-state index in [0.717, 1.165) is 13.1 Å². The highest BCUT2D eigenvalue weighted by molar-refractivity contribution is 5.92. The fourth-order valence-corrected chi connectivity index (χ4v) is 2.16. The molecule has 2 rings (SSSR count). The Hall–Kier alpha value is -1.47. The Kier molecular flexibility index (Phi) is 3.93. The molecule has 2 heterocycles. The molecule has 1 aromatic heterocycles. The molecule has 1 aliphatic rings. The standard InChI is InChI=1S/C11H19N5O2/c1-7(2)16-5-9(10(6-16)18-3)13-11(17)8-4-12-15-14-8/h4,7,9-10H,5-6H2,1-3H3,(H,13,17)(H,12,14,15)/t9-,10-/m0/s1. The molecular formula is C11H19N5O2. The summed E-state index contributed by atoms with van der Waals surface area (Å²) in [7, 11) is 1.67. The van der Waals surface area contributed by atoms with E-state index in [0.29, 0.717) is 11.7 Å². The quantitative estimate of drug-likeness (QED) is 0.766. The van der Waals surface area contributed by atoms with Gasteiger partial charge in [-0.1, -0.05) is 0 Å². The number of nitrogens with zero attached hydrogens (tertiary/aromatic N) is 3. The van der Waals surface area contributed by atoms with Crippen molar-refractivity contribution in [3.8, 4) is 0 Å². The topological polar surface area (TPSA) is 83.1 Å². The van der Waals surface area contributed by atoms with Gasteiger partial charge >= 0.3 is 0 Å². The molecule has 7 heteroatoms. The third-order valence-corrected chi connectivity index (χ3v) is 3.29. The molecule has 18 heavy (non-hydrogen) atoms. The van der Waals surface area contributed by atoms with Crippen LogP contribution in [0.2, 0.25) is 0 Å². The van der Waals surface area contributed by atoms with Crippen LogP contribution in [0, 0.1) is 0 Å². The van der Waals surface area contributed by atoms with E-state index in [4.69, 9.17) is 4.74 Å². The number of aromatic amines is 1. The van der Waals surface area contributed by atoms with Crippen molar-refractivity contribution >= 4 is 5.91 Å². The molecule has 2 atom stereocenters. The zero-order valence-electron chi connectivity index (χ0n) is 10.9. The average molecular weight is 253 g/mol. The van der Waals surface area contributed by atoms with Gasteiger partial charge in [0.1, 0.15) is 0 Å². The molecule has 1 aromatic rings. The number of carbonyl (C=O) groups is 1. The molecule has 2 N–H and O–H groups in total. The lowest BCUT2D eigenvalue weighted by Gasteiger charge is -2.19. The van der Waals surface area contributed by atoms with E-state index in [1.807, 2.05) is 0 Å². The van der Waals surface area contributed by atoms with E-state index in [1.165, 1.54) is 6.20 Å². The van der Waals surface area contributed by atoms with Crippen LogP contribution in [0.25, 0.3) is 0 Å². The number of hydrogen-bond acceptors (Lipinski definition) is 5. The van der Waals surface area contributed by atoms with Crippen LogP contribution in [0.1, 0.15) is 24.3 Å². The molecule has 7 nitrogen and oxygen atoms in total. The molecule has 0 unspecified atom stereocenters. The number of likely N-dealkylation sites (tertiary alicyclic amines) is 1. The second-order valence-corrected chi connectivity index (χ2v) is 4.76. The lowest BCUT2D eigenvalue weighted by Crippen LogP contribution is -2.43. The van der Waals surface area contributed by atoms with Crippen molar-refractivity contribution in [1.29, 1.82) is 0 Å². The maximum Gasteiger partial charge on any atom is 0.273 e. The smallest absolute Gasteiger partial charge is 0.273 e. The van der Waals surface area contributed by atoms with E-state index in [9.17, 15) is 4.79 Å². The summed E-state index contributed by atoms with van der Waals surface area (Å²) in [5.41, 5.74) is 0.299. The van der Waals surface area contributed by atoms with E-state index in [-0.39, 0.29) is 18.1 Å². The minimum Gasteiger partial charge on any atom is -0.378 e. The average Bonchev–Trinajstić information content (AvgIpc) is 2.97.